The van der Waals surface area contributed by atoms with Crippen LogP contribution in [0.4, 0.5) is 0 Å². The molecular weight excluding hydrogens is 354 g/mol. The predicted molar refractivity (Wildman–Crippen MR) is 107 cm³/mol. The van der Waals surface area contributed by atoms with Gasteiger partial charge in [-0.2, -0.15) is 4.98 Å². The second kappa shape index (κ2) is 7.74. The third kappa shape index (κ3) is 3.57. The molecule has 2 aromatic heterocycles. The Balaban J connectivity index is 1.57. The lowest BCUT2D eigenvalue weighted by Crippen LogP contribution is -2.28. The topological polar surface area (TPSA) is 87.9 Å². The molecule has 0 radical (unpaired) electrons. The van der Waals surface area contributed by atoms with Crippen LogP contribution in [0, 0.1) is 0 Å². The number of aromatic amines is 1. The minimum atomic E-state index is -0.131. The van der Waals surface area contributed by atoms with E-state index >= 15 is 0 Å². The smallest absolute Gasteiger partial charge is 0.258 e. The summed E-state index contributed by atoms with van der Waals surface area (Å²) in [6.07, 6.45) is 0. The lowest BCUT2D eigenvalue weighted by atomic mass is 10.2. The number of rotatable bonds is 6. The van der Waals surface area contributed by atoms with Gasteiger partial charge in [0.15, 0.2) is 0 Å². The van der Waals surface area contributed by atoms with Crippen LogP contribution in [0.3, 0.4) is 0 Å². The third-order valence-electron chi connectivity index (χ3n) is 4.80. The normalized spacial score (nSPS) is 12.5. The van der Waals surface area contributed by atoms with Gasteiger partial charge in [-0.05, 0) is 25.6 Å². The van der Waals surface area contributed by atoms with Crippen LogP contribution in [0.5, 0.6) is 0 Å². The zero-order chi connectivity index (χ0) is 19.5. The maximum atomic E-state index is 12.3. The summed E-state index contributed by atoms with van der Waals surface area (Å²) in [4.78, 5) is 26.4. The van der Waals surface area contributed by atoms with Crippen LogP contribution < -0.4 is 5.56 Å². The molecule has 2 aromatic carbocycles. The van der Waals surface area contributed by atoms with Crippen LogP contribution in [0.2, 0.25) is 0 Å². The van der Waals surface area contributed by atoms with E-state index < -0.39 is 0 Å². The van der Waals surface area contributed by atoms with Gasteiger partial charge in [0.2, 0.25) is 11.7 Å². The van der Waals surface area contributed by atoms with Crippen LogP contribution in [-0.2, 0) is 6.54 Å². The van der Waals surface area contributed by atoms with E-state index in [0.717, 1.165) is 12.1 Å². The van der Waals surface area contributed by atoms with Crippen molar-refractivity contribution in [2.75, 3.05) is 6.54 Å². The second-order valence-corrected chi connectivity index (χ2v) is 6.59. The van der Waals surface area contributed by atoms with Crippen molar-refractivity contribution >= 4 is 10.9 Å². The van der Waals surface area contributed by atoms with Crippen molar-refractivity contribution in [3.63, 3.8) is 0 Å². The molecule has 0 amide bonds. The van der Waals surface area contributed by atoms with Gasteiger partial charge in [0, 0.05) is 5.56 Å². The van der Waals surface area contributed by atoms with Crippen LogP contribution >= 0.6 is 0 Å². The number of hydrogen-bond donors (Lipinski definition) is 1. The summed E-state index contributed by atoms with van der Waals surface area (Å²) in [6, 6.07) is 16.9. The molecule has 142 valence electrons. The molecule has 1 N–H and O–H groups in total. The summed E-state index contributed by atoms with van der Waals surface area (Å²) < 4.78 is 5.50. The zero-order valence-electron chi connectivity index (χ0n) is 15.8. The summed E-state index contributed by atoms with van der Waals surface area (Å²) in [5, 5.41) is 4.69. The Morgan fingerprint density at radius 2 is 1.82 bits per heavy atom. The maximum absolute atomic E-state index is 12.3. The number of hydrogen-bond acceptors (Lipinski definition) is 6. The van der Waals surface area contributed by atoms with Crippen molar-refractivity contribution < 1.29 is 4.52 Å². The highest BCUT2D eigenvalue weighted by molar-refractivity contribution is 5.77. The predicted octanol–water partition coefficient (Wildman–Crippen LogP) is 3.56. The summed E-state index contributed by atoms with van der Waals surface area (Å²) in [6.45, 7) is 5.26. The molecule has 28 heavy (non-hydrogen) atoms. The first-order chi connectivity index (χ1) is 13.7. The minimum Gasteiger partial charge on any atom is -0.337 e. The first-order valence-corrected chi connectivity index (χ1v) is 9.26. The number of para-hydroxylation sites is 1. The molecule has 0 saturated heterocycles. The van der Waals surface area contributed by atoms with E-state index in [4.69, 9.17) is 4.52 Å². The van der Waals surface area contributed by atoms with E-state index in [1.807, 2.05) is 62.4 Å². The van der Waals surface area contributed by atoms with E-state index in [9.17, 15) is 4.79 Å². The molecule has 4 aromatic rings. The first-order valence-electron chi connectivity index (χ1n) is 9.26. The van der Waals surface area contributed by atoms with Gasteiger partial charge < -0.3 is 9.51 Å². The number of H-pyrrole nitrogens is 1. The molecule has 7 nitrogen and oxygen atoms in total. The lowest BCUT2D eigenvalue weighted by Gasteiger charge is -2.24. The van der Waals surface area contributed by atoms with Crippen molar-refractivity contribution in [2.24, 2.45) is 0 Å². The SMILES string of the molecule is CCN(Cc1nc2ccccc2c(=O)[nH]1)C(C)c1nc(-c2ccccc2)no1. The van der Waals surface area contributed by atoms with Crippen LogP contribution in [0.1, 0.15) is 31.6 Å². The van der Waals surface area contributed by atoms with Gasteiger partial charge in [-0.15, -0.1) is 0 Å². The standard InChI is InChI=1S/C21H21N5O2/c1-3-26(13-18-22-17-12-8-7-11-16(17)20(27)23-18)14(2)21-24-19(25-28-21)15-9-5-4-6-10-15/h4-12,14H,3,13H2,1-2H3,(H,22,23,27). The number of benzene rings is 2. The molecular formula is C21H21N5O2. The monoisotopic (exact) mass is 375 g/mol. The minimum absolute atomic E-state index is 0.119. The second-order valence-electron chi connectivity index (χ2n) is 6.59. The van der Waals surface area contributed by atoms with E-state index in [-0.39, 0.29) is 11.6 Å². The fraction of sp³-hybridized carbons (Fsp3) is 0.238. The molecule has 1 atom stereocenters. The molecule has 0 fully saturated rings. The van der Waals surface area contributed by atoms with Crippen LogP contribution in [-0.4, -0.2) is 31.6 Å². The zero-order valence-corrected chi connectivity index (χ0v) is 15.8. The molecule has 0 bridgehead atoms. The van der Waals surface area contributed by atoms with Crippen molar-refractivity contribution in [3.8, 4) is 11.4 Å². The van der Waals surface area contributed by atoms with Gasteiger partial charge in [0.1, 0.15) is 5.82 Å². The largest absolute Gasteiger partial charge is 0.337 e. The van der Waals surface area contributed by atoms with Gasteiger partial charge in [0.25, 0.3) is 5.56 Å². The molecule has 7 heteroatoms. The van der Waals surface area contributed by atoms with Crippen LogP contribution in [0.25, 0.3) is 22.3 Å². The van der Waals surface area contributed by atoms with Gasteiger partial charge in [-0.1, -0.05) is 54.5 Å². The van der Waals surface area contributed by atoms with Gasteiger partial charge in [-0.3, -0.25) is 9.69 Å². The molecule has 2 heterocycles. The summed E-state index contributed by atoms with van der Waals surface area (Å²) in [7, 11) is 0. The highest BCUT2D eigenvalue weighted by Gasteiger charge is 2.22. The summed E-state index contributed by atoms with van der Waals surface area (Å²) in [5.41, 5.74) is 1.47. The van der Waals surface area contributed by atoms with E-state index in [1.54, 1.807) is 6.07 Å². The molecule has 0 aliphatic carbocycles. The van der Waals surface area contributed by atoms with E-state index in [0.29, 0.717) is 35.0 Å². The van der Waals surface area contributed by atoms with Crippen molar-refractivity contribution in [1.29, 1.82) is 0 Å². The molecule has 1 unspecified atom stereocenters. The van der Waals surface area contributed by atoms with Crippen molar-refractivity contribution in [2.45, 2.75) is 26.4 Å². The van der Waals surface area contributed by atoms with Gasteiger partial charge >= 0.3 is 0 Å². The number of nitrogens with zero attached hydrogens (tertiary/aromatic N) is 4. The number of nitrogens with one attached hydrogen (secondary N) is 1. The summed E-state index contributed by atoms with van der Waals surface area (Å²) >= 11 is 0. The quantitative estimate of drug-likeness (QED) is 0.554. The average Bonchev–Trinajstić information content (AvgIpc) is 3.22. The molecule has 0 aliphatic heterocycles. The van der Waals surface area contributed by atoms with Gasteiger partial charge in [0.05, 0.1) is 23.5 Å². The van der Waals surface area contributed by atoms with Crippen molar-refractivity contribution in [3.05, 3.63) is 76.7 Å². The molecule has 0 spiro atoms. The Labute approximate surface area is 162 Å². The Hall–Kier alpha value is -3.32. The molecule has 0 saturated carbocycles. The average molecular weight is 375 g/mol. The summed E-state index contributed by atoms with van der Waals surface area (Å²) in [5.74, 6) is 1.71. The fourth-order valence-electron chi connectivity index (χ4n) is 3.19. The Morgan fingerprint density at radius 1 is 1.07 bits per heavy atom. The molecule has 4 rings (SSSR count). The third-order valence-corrected chi connectivity index (χ3v) is 4.80. The molecule has 0 aliphatic rings. The van der Waals surface area contributed by atoms with E-state index in [2.05, 4.69) is 25.0 Å². The number of fused-ring (bicyclic) bond motifs is 1. The Morgan fingerprint density at radius 3 is 2.61 bits per heavy atom. The Kier molecular flexibility index (Phi) is 4.99. The van der Waals surface area contributed by atoms with E-state index in [1.165, 1.54) is 0 Å². The maximum Gasteiger partial charge on any atom is 0.258 e. The highest BCUT2D eigenvalue weighted by atomic mass is 16.5. The van der Waals surface area contributed by atoms with Crippen LogP contribution in [0.15, 0.2) is 63.9 Å². The van der Waals surface area contributed by atoms with Crippen molar-refractivity contribution in [1.82, 2.24) is 25.0 Å². The Bertz CT molecular complexity index is 1140. The van der Waals surface area contributed by atoms with Gasteiger partial charge in [-0.25, -0.2) is 4.98 Å². The lowest BCUT2D eigenvalue weighted by molar-refractivity contribution is 0.169. The first kappa shape index (κ1) is 18.1. The fourth-order valence-corrected chi connectivity index (χ4v) is 3.19. The highest BCUT2D eigenvalue weighted by Crippen LogP contribution is 2.23. The number of aromatic nitrogens is 4.